The molecule has 0 bridgehead atoms. The van der Waals surface area contributed by atoms with E-state index >= 15 is 0 Å². The number of ether oxygens (including phenoxy) is 3. The van der Waals surface area contributed by atoms with Crippen molar-refractivity contribution < 1.29 is 14.2 Å². The lowest BCUT2D eigenvalue weighted by molar-refractivity contribution is -0.0530. The van der Waals surface area contributed by atoms with Gasteiger partial charge in [0.25, 0.3) is 0 Å². The molecule has 24 heavy (non-hydrogen) atoms. The summed E-state index contributed by atoms with van der Waals surface area (Å²) in [6, 6.07) is 6.29. The fourth-order valence-corrected chi connectivity index (χ4v) is 3.79. The lowest BCUT2D eigenvalue weighted by Gasteiger charge is -2.36. The van der Waals surface area contributed by atoms with Gasteiger partial charge in [-0.05, 0) is 26.0 Å². The lowest BCUT2D eigenvalue weighted by atomic mass is 10.2. The third-order valence-corrected chi connectivity index (χ3v) is 5.21. The summed E-state index contributed by atoms with van der Waals surface area (Å²) in [5, 5.41) is 3.08. The molecule has 6 heteroatoms. The second-order valence-corrected chi connectivity index (χ2v) is 6.97. The molecular weight excluding hydrogens is 324 g/mol. The van der Waals surface area contributed by atoms with E-state index in [4.69, 9.17) is 19.2 Å². The summed E-state index contributed by atoms with van der Waals surface area (Å²) >= 11 is 1.64. The van der Waals surface area contributed by atoms with E-state index in [-0.39, 0.29) is 6.10 Å². The summed E-state index contributed by atoms with van der Waals surface area (Å²) in [6.45, 7) is 6.88. The van der Waals surface area contributed by atoms with Crippen LogP contribution in [0.1, 0.15) is 19.5 Å². The number of rotatable bonds is 5. The Morgan fingerprint density at radius 1 is 1.29 bits per heavy atom. The Hall–Kier alpha value is -1.63. The molecular formula is C18H24N2O3S. The zero-order valence-corrected chi connectivity index (χ0v) is 15.4. The van der Waals surface area contributed by atoms with Crippen molar-refractivity contribution in [2.75, 3.05) is 27.4 Å². The number of morpholine rings is 1. The lowest BCUT2D eigenvalue weighted by Crippen LogP contribution is -2.46. The first kappa shape index (κ1) is 17.2. The van der Waals surface area contributed by atoms with Crippen molar-refractivity contribution >= 4 is 11.3 Å². The van der Waals surface area contributed by atoms with E-state index in [0.717, 1.165) is 47.5 Å². The van der Waals surface area contributed by atoms with Crippen LogP contribution in [-0.2, 0) is 11.3 Å². The van der Waals surface area contributed by atoms with Crippen molar-refractivity contribution in [1.82, 2.24) is 9.88 Å². The Labute approximate surface area is 147 Å². The first-order valence-electron chi connectivity index (χ1n) is 8.13. The molecule has 0 unspecified atom stereocenters. The zero-order valence-electron chi connectivity index (χ0n) is 14.6. The highest BCUT2D eigenvalue weighted by atomic mass is 32.1. The monoisotopic (exact) mass is 348 g/mol. The molecule has 5 nitrogen and oxygen atoms in total. The van der Waals surface area contributed by atoms with Gasteiger partial charge in [-0.15, -0.1) is 11.3 Å². The second-order valence-electron chi connectivity index (χ2n) is 6.11. The maximum Gasteiger partial charge on any atom is 0.170 e. The molecule has 0 radical (unpaired) electrons. The molecule has 3 rings (SSSR count). The van der Waals surface area contributed by atoms with Crippen LogP contribution in [0.3, 0.4) is 0 Å². The van der Waals surface area contributed by atoms with Crippen LogP contribution < -0.4 is 9.47 Å². The molecule has 0 saturated carbocycles. The summed E-state index contributed by atoms with van der Waals surface area (Å²) in [7, 11) is 3.31. The SMILES string of the molecule is COc1cccc(-c2nc(CN3C[C@@H](C)OC[C@@H]3C)cs2)c1OC. The van der Waals surface area contributed by atoms with E-state index < -0.39 is 0 Å². The average Bonchev–Trinajstić information content (AvgIpc) is 3.05. The van der Waals surface area contributed by atoms with E-state index in [9.17, 15) is 0 Å². The number of benzene rings is 1. The summed E-state index contributed by atoms with van der Waals surface area (Å²) in [4.78, 5) is 7.24. The van der Waals surface area contributed by atoms with Crippen LogP contribution in [0.5, 0.6) is 11.5 Å². The third-order valence-electron chi connectivity index (χ3n) is 4.29. The zero-order chi connectivity index (χ0) is 17.1. The molecule has 2 aromatic rings. The van der Waals surface area contributed by atoms with Crippen molar-refractivity contribution in [3.8, 4) is 22.1 Å². The molecule has 2 heterocycles. The summed E-state index contributed by atoms with van der Waals surface area (Å²) in [6.07, 6.45) is 0.276. The Morgan fingerprint density at radius 3 is 2.88 bits per heavy atom. The fourth-order valence-electron chi connectivity index (χ4n) is 2.96. The van der Waals surface area contributed by atoms with E-state index in [0.29, 0.717) is 6.04 Å². The van der Waals surface area contributed by atoms with Gasteiger partial charge in [0.15, 0.2) is 11.5 Å². The molecule has 1 fully saturated rings. The van der Waals surface area contributed by atoms with E-state index in [1.807, 2.05) is 18.2 Å². The van der Waals surface area contributed by atoms with Crippen LogP contribution >= 0.6 is 11.3 Å². The first-order valence-corrected chi connectivity index (χ1v) is 9.01. The second kappa shape index (κ2) is 7.51. The molecule has 1 aromatic carbocycles. The molecule has 1 aliphatic heterocycles. The van der Waals surface area contributed by atoms with Crippen LogP contribution in [0.25, 0.3) is 10.6 Å². The van der Waals surface area contributed by atoms with Gasteiger partial charge in [-0.25, -0.2) is 4.98 Å². The fraction of sp³-hybridized carbons (Fsp3) is 0.500. The standard InChI is InChI=1S/C18H24N2O3S/c1-12-10-23-13(2)8-20(12)9-14-11-24-18(19-14)15-6-5-7-16(21-3)17(15)22-4/h5-7,11-13H,8-10H2,1-4H3/t12-,13+/m0/s1. The van der Waals surface area contributed by atoms with Crippen molar-refractivity contribution in [1.29, 1.82) is 0 Å². The highest BCUT2D eigenvalue weighted by Gasteiger charge is 2.24. The molecule has 0 spiro atoms. The highest BCUT2D eigenvalue weighted by Crippen LogP contribution is 2.39. The van der Waals surface area contributed by atoms with Gasteiger partial charge in [0, 0.05) is 24.5 Å². The molecule has 0 aliphatic carbocycles. The van der Waals surface area contributed by atoms with Crippen molar-refractivity contribution in [3.63, 3.8) is 0 Å². The predicted molar refractivity (Wildman–Crippen MR) is 95.9 cm³/mol. The van der Waals surface area contributed by atoms with Crippen LogP contribution in [0, 0.1) is 0 Å². The number of para-hydroxylation sites is 1. The Kier molecular flexibility index (Phi) is 5.38. The molecule has 0 N–H and O–H groups in total. The van der Waals surface area contributed by atoms with Gasteiger partial charge in [-0.2, -0.15) is 0 Å². The Bertz CT molecular complexity index is 689. The molecule has 1 aliphatic rings. The first-order chi connectivity index (χ1) is 11.6. The maximum absolute atomic E-state index is 5.70. The molecule has 2 atom stereocenters. The van der Waals surface area contributed by atoms with Gasteiger partial charge < -0.3 is 14.2 Å². The van der Waals surface area contributed by atoms with Gasteiger partial charge in [0.05, 0.1) is 38.2 Å². The number of aromatic nitrogens is 1. The smallest absolute Gasteiger partial charge is 0.170 e. The largest absolute Gasteiger partial charge is 0.493 e. The number of methoxy groups -OCH3 is 2. The van der Waals surface area contributed by atoms with Crippen molar-refractivity contribution in [2.45, 2.75) is 32.5 Å². The number of nitrogens with zero attached hydrogens (tertiary/aromatic N) is 2. The number of hydrogen-bond donors (Lipinski definition) is 0. The van der Waals surface area contributed by atoms with Gasteiger partial charge in [0.1, 0.15) is 5.01 Å². The number of thiazole rings is 1. The Morgan fingerprint density at radius 2 is 2.12 bits per heavy atom. The maximum atomic E-state index is 5.70. The van der Waals surface area contributed by atoms with Gasteiger partial charge in [0.2, 0.25) is 0 Å². The van der Waals surface area contributed by atoms with Gasteiger partial charge in [-0.3, -0.25) is 4.90 Å². The Balaban J connectivity index is 1.81. The van der Waals surface area contributed by atoms with Crippen LogP contribution in [-0.4, -0.2) is 49.4 Å². The summed E-state index contributed by atoms with van der Waals surface area (Å²) in [5.41, 5.74) is 2.05. The molecule has 0 amide bonds. The van der Waals surface area contributed by atoms with Crippen molar-refractivity contribution in [3.05, 3.63) is 29.3 Å². The number of hydrogen-bond acceptors (Lipinski definition) is 6. The summed E-state index contributed by atoms with van der Waals surface area (Å²) < 4.78 is 16.6. The van der Waals surface area contributed by atoms with E-state index in [2.05, 4.69) is 24.1 Å². The molecule has 1 aromatic heterocycles. The minimum Gasteiger partial charge on any atom is -0.493 e. The summed E-state index contributed by atoms with van der Waals surface area (Å²) in [5.74, 6) is 1.46. The molecule has 130 valence electrons. The van der Waals surface area contributed by atoms with Gasteiger partial charge in [-0.1, -0.05) is 6.07 Å². The third kappa shape index (κ3) is 3.55. The van der Waals surface area contributed by atoms with E-state index in [1.165, 1.54) is 0 Å². The van der Waals surface area contributed by atoms with Crippen LogP contribution in [0.2, 0.25) is 0 Å². The van der Waals surface area contributed by atoms with Crippen LogP contribution in [0.4, 0.5) is 0 Å². The quantitative estimate of drug-likeness (QED) is 0.828. The minimum atomic E-state index is 0.276. The molecule has 1 saturated heterocycles. The predicted octanol–water partition coefficient (Wildman–Crippen LogP) is 3.44. The van der Waals surface area contributed by atoms with Crippen molar-refractivity contribution in [2.24, 2.45) is 0 Å². The minimum absolute atomic E-state index is 0.276. The average molecular weight is 348 g/mol. The van der Waals surface area contributed by atoms with Gasteiger partial charge >= 0.3 is 0 Å². The van der Waals surface area contributed by atoms with E-state index in [1.54, 1.807) is 25.6 Å². The van der Waals surface area contributed by atoms with Crippen LogP contribution in [0.15, 0.2) is 23.6 Å². The normalized spacial score (nSPS) is 21.7. The highest BCUT2D eigenvalue weighted by molar-refractivity contribution is 7.13. The topological polar surface area (TPSA) is 43.8 Å².